The van der Waals surface area contributed by atoms with Crippen LogP contribution in [-0.4, -0.2) is 23.3 Å². The van der Waals surface area contributed by atoms with Gasteiger partial charge in [0.05, 0.1) is 11.8 Å². The summed E-state index contributed by atoms with van der Waals surface area (Å²) in [6.45, 7) is 14.0. The molecule has 1 aliphatic heterocycles. The van der Waals surface area contributed by atoms with Gasteiger partial charge in [-0.3, -0.25) is 0 Å². The molecule has 0 spiro atoms. The Morgan fingerprint density at radius 1 is 1.31 bits per heavy atom. The second-order valence-corrected chi connectivity index (χ2v) is 14.7. The Balaban J connectivity index is 2.81. The molecule has 3 heteroatoms. The molecule has 1 fully saturated rings. The summed E-state index contributed by atoms with van der Waals surface area (Å²) in [5, 5.41) is 0. The van der Waals surface area contributed by atoms with Gasteiger partial charge in [0.2, 0.25) is 0 Å². The van der Waals surface area contributed by atoms with E-state index in [0.717, 1.165) is 5.92 Å². The van der Waals surface area contributed by atoms with Crippen molar-refractivity contribution in [2.24, 2.45) is 5.92 Å². The predicted molar refractivity (Wildman–Crippen MR) is 84.2 cm³/mol. The second kappa shape index (κ2) is 6.01. The molecule has 0 saturated carbocycles. The molecule has 1 atom stereocenters. The van der Waals surface area contributed by atoms with Crippen LogP contribution in [0.4, 0.5) is 0 Å². The minimum atomic E-state index is -1.13. The first-order chi connectivity index (χ1) is 7.44. The number of hydrogen-bond acceptors (Lipinski definition) is 2. The van der Waals surface area contributed by atoms with E-state index >= 15 is 0 Å². The van der Waals surface area contributed by atoms with E-state index < -0.39 is 8.07 Å². The quantitative estimate of drug-likeness (QED) is 0.509. The summed E-state index contributed by atoms with van der Waals surface area (Å²) in [5.74, 6) is 3.57. The van der Waals surface area contributed by atoms with Crippen LogP contribution in [-0.2, 0) is 0 Å². The normalized spacial score (nSPS) is 22.8. The van der Waals surface area contributed by atoms with Crippen LogP contribution in [0.25, 0.3) is 0 Å². The van der Waals surface area contributed by atoms with Crippen molar-refractivity contribution in [3.8, 4) is 0 Å². The molecule has 1 aliphatic rings. The van der Waals surface area contributed by atoms with Crippen LogP contribution in [0.15, 0.2) is 12.7 Å². The Hall–Kier alpha value is 0.657. The summed E-state index contributed by atoms with van der Waals surface area (Å²) in [6, 6.07) is 0. The molecule has 0 amide bonds. The highest BCUT2D eigenvalue weighted by Gasteiger charge is 2.48. The van der Waals surface area contributed by atoms with Crippen LogP contribution in [0, 0.1) is 5.92 Å². The van der Waals surface area contributed by atoms with E-state index in [1.165, 1.54) is 30.8 Å². The molecule has 0 radical (unpaired) electrons. The fourth-order valence-electron chi connectivity index (χ4n) is 2.56. The van der Waals surface area contributed by atoms with Crippen LogP contribution in [0.3, 0.4) is 0 Å². The fourth-order valence-corrected chi connectivity index (χ4v) is 11.3. The van der Waals surface area contributed by atoms with Crippen molar-refractivity contribution in [2.45, 2.75) is 49.5 Å². The maximum absolute atomic E-state index is 3.86. The van der Waals surface area contributed by atoms with Gasteiger partial charge in [0.25, 0.3) is 0 Å². The molecule has 0 aromatic carbocycles. The molecule has 0 aliphatic carbocycles. The van der Waals surface area contributed by atoms with Gasteiger partial charge in [0.15, 0.2) is 0 Å². The third kappa shape index (κ3) is 3.11. The molecule has 16 heavy (non-hydrogen) atoms. The van der Waals surface area contributed by atoms with E-state index in [1.54, 1.807) is 0 Å². The molecule has 94 valence electrons. The molecule has 0 aromatic heterocycles. The van der Waals surface area contributed by atoms with Gasteiger partial charge in [-0.25, -0.2) is 0 Å². The van der Waals surface area contributed by atoms with Crippen molar-refractivity contribution in [3.05, 3.63) is 12.7 Å². The highest BCUT2D eigenvalue weighted by Crippen LogP contribution is 2.54. The molecule has 1 heterocycles. The summed E-state index contributed by atoms with van der Waals surface area (Å²) >= 11 is 4.53. The van der Waals surface area contributed by atoms with Gasteiger partial charge in [-0.1, -0.05) is 32.6 Å². The van der Waals surface area contributed by atoms with Crippen molar-refractivity contribution in [2.75, 3.05) is 11.5 Å². The zero-order valence-electron chi connectivity index (χ0n) is 11.2. The SMILES string of the molecule is C=CCCC(C)C1([Si](C)(C)C)SCCCS1. The maximum Gasteiger partial charge on any atom is 0.0755 e. The van der Waals surface area contributed by atoms with E-state index in [-0.39, 0.29) is 0 Å². The van der Waals surface area contributed by atoms with E-state index in [2.05, 4.69) is 62.7 Å². The lowest BCUT2D eigenvalue weighted by atomic mass is 10.1. The van der Waals surface area contributed by atoms with Gasteiger partial charge in [-0.05, 0) is 36.7 Å². The Bertz CT molecular complexity index is 227. The smallest absolute Gasteiger partial charge is 0.0755 e. The van der Waals surface area contributed by atoms with Gasteiger partial charge in [-0.2, -0.15) is 0 Å². The molecule has 1 saturated heterocycles. The van der Waals surface area contributed by atoms with Crippen LogP contribution >= 0.6 is 23.5 Å². The van der Waals surface area contributed by atoms with Gasteiger partial charge >= 0.3 is 0 Å². The van der Waals surface area contributed by atoms with E-state index in [1.807, 2.05) is 0 Å². The molecule has 0 bridgehead atoms. The molecule has 0 nitrogen and oxygen atoms in total. The summed E-state index contributed by atoms with van der Waals surface area (Å²) < 4.78 is 0.550. The largest absolute Gasteiger partial charge is 0.147 e. The van der Waals surface area contributed by atoms with Gasteiger partial charge in [0, 0.05) is 0 Å². The van der Waals surface area contributed by atoms with Gasteiger partial charge in [0.1, 0.15) is 0 Å². The molecular weight excluding hydrogens is 248 g/mol. The Morgan fingerprint density at radius 3 is 2.31 bits per heavy atom. The topological polar surface area (TPSA) is 0 Å². The third-order valence-electron chi connectivity index (χ3n) is 3.42. The average Bonchev–Trinajstić information content (AvgIpc) is 2.25. The van der Waals surface area contributed by atoms with E-state index in [0.29, 0.717) is 3.70 Å². The second-order valence-electron chi connectivity index (χ2n) is 5.74. The molecule has 0 aromatic rings. The summed E-state index contributed by atoms with van der Waals surface area (Å²) in [6.07, 6.45) is 5.96. The van der Waals surface area contributed by atoms with E-state index in [9.17, 15) is 0 Å². The zero-order valence-corrected chi connectivity index (χ0v) is 13.8. The Kier molecular flexibility index (Phi) is 5.53. The fraction of sp³-hybridized carbons (Fsp3) is 0.846. The lowest BCUT2D eigenvalue weighted by molar-refractivity contribution is 0.547. The number of thioether (sulfide) groups is 2. The van der Waals surface area contributed by atoms with E-state index in [4.69, 9.17) is 0 Å². The Morgan fingerprint density at radius 2 is 1.88 bits per heavy atom. The number of rotatable bonds is 5. The minimum absolute atomic E-state index is 0.550. The average molecular weight is 275 g/mol. The third-order valence-corrected chi connectivity index (χ3v) is 13.9. The number of hydrogen-bond donors (Lipinski definition) is 0. The highest BCUT2D eigenvalue weighted by molar-refractivity contribution is 8.21. The van der Waals surface area contributed by atoms with Crippen molar-refractivity contribution in [1.82, 2.24) is 0 Å². The summed E-state index contributed by atoms with van der Waals surface area (Å²) in [7, 11) is -1.13. The summed E-state index contributed by atoms with van der Waals surface area (Å²) in [4.78, 5) is 0. The van der Waals surface area contributed by atoms with Crippen LogP contribution < -0.4 is 0 Å². The first kappa shape index (κ1) is 14.7. The lowest BCUT2D eigenvalue weighted by Crippen LogP contribution is -2.53. The summed E-state index contributed by atoms with van der Waals surface area (Å²) in [5.41, 5.74) is 0. The van der Waals surface area contributed by atoms with Crippen molar-refractivity contribution >= 4 is 31.6 Å². The first-order valence-electron chi connectivity index (χ1n) is 6.33. The minimum Gasteiger partial charge on any atom is -0.147 e. The standard InChI is InChI=1S/C13H26S2Si/c1-6-7-9-12(2)13(16(3,4)5)14-10-8-11-15-13/h6,12H,1,7-11H2,2-5H3. The molecular formula is C13H26S2Si. The molecule has 1 rings (SSSR count). The van der Waals surface area contributed by atoms with Gasteiger partial charge < -0.3 is 0 Å². The van der Waals surface area contributed by atoms with Crippen LogP contribution in [0.1, 0.15) is 26.2 Å². The molecule has 1 unspecified atom stereocenters. The van der Waals surface area contributed by atoms with Crippen molar-refractivity contribution in [3.63, 3.8) is 0 Å². The van der Waals surface area contributed by atoms with Crippen LogP contribution in [0.5, 0.6) is 0 Å². The highest BCUT2D eigenvalue weighted by atomic mass is 32.2. The number of allylic oxidation sites excluding steroid dienone is 1. The molecule has 0 N–H and O–H groups in total. The first-order valence-corrected chi connectivity index (χ1v) is 11.8. The lowest BCUT2D eigenvalue weighted by Gasteiger charge is -2.49. The zero-order chi connectivity index (χ0) is 12.2. The van der Waals surface area contributed by atoms with Gasteiger partial charge in [-0.15, -0.1) is 30.1 Å². The van der Waals surface area contributed by atoms with Crippen molar-refractivity contribution < 1.29 is 0 Å². The predicted octanol–water partition coefficient (Wildman–Crippen LogP) is 5.03. The maximum atomic E-state index is 3.86. The Labute approximate surface area is 111 Å². The van der Waals surface area contributed by atoms with Crippen molar-refractivity contribution in [1.29, 1.82) is 0 Å². The van der Waals surface area contributed by atoms with Crippen LogP contribution in [0.2, 0.25) is 19.6 Å². The monoisotopic (exact) mass is 274 g/mol.